The molecule has 0 radical (unpaired) electrons. The zero-order valence-electron chi connectivity index (χ0n) is 20.5. The lowest BCUT2D eigenvalue weighted by molar-refractivity contribution is -0.132. The molecular formula is C24H33ClN6O5S. The SMILES string of the molecule is Cl.O=C(Nc1ccccc1N1CCN(CC(=O)N2CC(O)C(O)C2)CC1)c1csc(N2CCOCC2)n1. The van der Waals surface area contributed by atoms with E-state index in [2.05, 4.69) is 25.0 Å². The number of likely N-dealkylation sites (tertiary alicyclic amines) is 1. The summed E-state index contributed by atoms with van der Waals surface area (Å²) < 4.78 is 5.39. The van der Waals surface area contributed by atoms with Crippen LogP contribution < -0.4 is 15.1 Å². The molecule has 3 aliphatic rings. The number of carbonyl (C=O) groups is 2. The molecule has 2 aromatic rings. The maximum Gasteiger partial charge on any atom is 0.275 e. The molecule has 0 aliphatic carbocycles. The topological polar surface area (TPSA) is 122 Å². The minimum Gasteiger partial charge on any atom is -0.388 e. The highest BCUT2D eigenvalue weighted by Gasteiger charge is 2.33. The zero-order valence-corrected chi connectivity index (χ0v) is 22.1. The van der Waals surface area contributed by atoms with Crippen LogP contribution in [0.5, 0.6) is 0 Å². The summed E-state index contributed by atoms with van der Waals surface area (Å²) in [6.45, 7) is 6.33. The number of morpholine rings is 1. The normalized spacial score (nSPS) is 22.6. The molecule has 3 saturated heterocycles. The number of carbonyl (C=O) groups excluding carboxylic acids is 2. The van der Waals surface area contributed by atoms with E-state index in [0.29, 0.717) is 45.1 Å². The van der Waals surface area contributed by atoms with Crippen LogP contribution in [0, 0.1) is 0 Å². The first-order valence-corrected chi connectivity index (χ1v) is 13.2. The summed E-state index contributed by atoms with van der Waals surface area (Å²) >= 11 is 1.47. The number of β-amino-alcohol motifs (C(OH)–C–C–N with tert-alkyl or cyclic N) is 2. The number of aliphatic hydroxyl groups excluding tert-OH is 2. The van der Waals surface area contributed by atoms with Gasteiger partial charge in [-0.05, 0) is 12.1 Å². The maximum absolute atomic E-state index is 13.0. The van der Waals surface area contributed by atoms with Crippen molar-refractivity contribution in [2.45, 2.75) is 12.2 Å². The summed E-state index contributed by atoms with van der Waals surface area (Å²) in [4.78, 5) is 38.0. The van der Waals surface area contributed by atoms with E-state index >= 15 is 0 Å². The highest BCUT2D eigenvalue weighted by atomic mass is 35.5. The number of aliphatic hydroxyl groups is 2. The number of benzene rings is 1. The molecule has 37 heavy (non-hydrogen) atoms. The van der Waals surface area contributed by atoms with E-state index in [1.807, 2.05) is 24.3 Å². The van der Waals surface area contributed by atoms with Crippen molar-refractivity contribution >= 4 is 52.1 Å². The highest BCUT2D eigenvalue weighted by Crippen LogP contribution is 2.28. The number of nitrogens with zero attached hydrogens (tertiary/aromatic N) is 5. The molecule has 0 saturated carbocycles. The lowest BCUT2D eigenvalue weighted by Gasteiger charge is -2.37. The van der Waals surface area contributed by atoms with E-state index in [9.17, 15) is 19.8 Å². The second kappa shape index (κ2) is 12.4. The summed E-state index contributed by atoms with van der Waals surface area (Å²) in [6.07, 6.45) is -1.74. The second-order valence-electron chi connectivity index (χ2n) is 9.28. The summed E-state index contributed by atoms with van der Waals surface area (Å²) in [5, 5.41) is 25.1. The van der Waals surface area contributed by atoms with E-state index in [-0.39, 0.29) is 43.9 Å². The van der Waals surface area contributed by atoms with E-state index < -0.39 is 12.2 Å². The number of piperazine rings is 1. The predicted molar refractivity (Wildman–Crippen MR) is 144 cm³/mol. The molecule has 5 rings (SSSR count). The molecule has 2 amide bonds. The Hall–Kier alpha value is -2.48. The number of amides is 2. The Kier molecular flexibility index (Phi) is 9.22. The van der Waals surface area contributed by atoms with Crippen LogP contribution >= 0.6 is 23.7 Å². The van der Waals surface area contributed by atoms with Gasteiger partial charge in [0, 0.05) is 57.7 Å². The third-order valence-corrected chi connectivity index (χ3v) is 7.74. The number of halogens is 1. The molecule has 0 bridgehead atoms. The number of aromatic nitrogens is 1. The largest absolute Gasteiger partial charge is 0.388 e. The van der Waals surface area contributed by atoms with E-state index in [4.69, 9.17) is 4.74 Å². The van der Waals surface area contributed by atoms with Crippen LogP contribution in [0.4, 0.5) is 16.5 Å². The van der Waals surface area contributed by atoms with E-state index in [1.165, 1.54) is 16.2 Å². The van der Waals surface area contributed by atoms with Gasteiger partial charge in [-0.2, -0.15) is 0 Å². The first kappa shape index (κ1) is 27.6. The van der Waals surface area contributed by atoms with Gasteiger partial charge < -0.3 is 35.0 Å². The van der Waals surface area contributed by atoms with Crippen molar-refractivity contribution in [1.82, 2.24) is 14.8 Å². The molecule has 2 atom stereocenters. The van der Waals surface area contributed by atoms with Crippen LogP contribution in [-0.4, -0.2) is 121 Å². The van der Waals surface area contributed by atoms with Crippen molar-refractivity contribution in [2.75, 3.05) is 87.2 Å². The molecular weight excluding hydrogens is 520 g/mol. The molecule has 202 valence electrons. The number of rotatable bonds is 6. The van der Waals surface area contributed by atoms with Crippen molar-refractivity contribution < 1.29 is 24.5 Å². The molecule has 3 N–H and O–H groups in total. The minimum atomic E-state index is -0.868. The van der Waals surface area contributed by atoms with Crippen LogP contribution in [0.1, 0.15) is 10.5 Å². The third-order valence-electron chi connectivity index (χ3n) is 6.84. The summed E-state index contributed by atoms with van der Waals surface area (Å²) in [7, 11) is 0. The number of hydrogen-bond donors (Lipinski definition) is 3. The van der Waals surface area contributed by atoms with Crippen LogP contribution in [-0.2, 0) is 9.53 Å². The van der Waals surface area contributed by atoms with Crippen molar-refractivity contribution in [3.8, 4) is 0 Å². The number of para-hydroxylation sites is 2. The molecule has 13 heteroatoms. The quantitative estimate of drug-likeness (QED) is 0.466. The highest BCUT2D eigenvalue weighted by molar-refractivity contribution is 7.14. The number of anilines is 3. The van der Waals surface area contributed by atoms with Gasteiger partial charge in [0.15, 0.2) is 5.13 Å². The first-order chi connectivity index (χ1) is 17.5. The molecule has 1 aromatic carbocycles. The Morgan fingerprint density at radius 1 is 1.00 bits per heavy atom. The Balaban J connectivity index is 0.00000320. The second-order valence-corrected chi connectivity index (χ2v) is 10.1. The average molecular weight is 553 g/mol. The van der Waals surface area contributed by atoms with Gasteiger partial charge in [0.25, 0.3) is 5.91 Å². The van der Waals surface area contributed by atoms with Gasteiger partial charge in [0.05, 0.1) is 43.3 Å². The molecule has 4 heterocycles. The molecule has 11 nitrogen and oxygen atoms in total. The van der Waals surface area contributed by atoms with Crippen LogP contribution in [0.3, 0.4) is 0 Å². The van der Waals surface area contributed by atoms with Crippen LogP contribution in [0.25, 0.3) is 0 Å². The predicted octanol–water partition coefficient (Wildman–Crippen LogP) is 0.340. The van der Waals surface area contributed by atoms with Gasteiger partial charge in [-0.1, -0.05) is 12.1 Å². The molecule has 0 spiro atoms. The van der Waals surface area contributed by atoms with Crippen LogP contribution in [0.15, 0.2) is 29.6 Å². The Labute approximate surface area is 226 Å². The van der Waals surface area contributed by atoms with Crippen molar-refractivity contribution in [3.63, 3.8) is 0 Å². The number of nitrogens with one attached hydrogen (secondary N) is 1. The minimum absolute atomic E-state index is 0. The average Bonchev–Trinajstić information content (AvgIpc) is 3.53. The van der Waals surface area contributed by atoms with Gasteiger partial charge >= 0.3 is 0 Å². The molecule has 3 fully saturated rings. The number of hydrogen-bond acceptors (Lipinski definition) is 10. The summed E-state index contributed by atoms with van der Waals surface area (Å²) in [5.41, 5.74) is 2.07. The lowest BCUT2D eigenvalue weighted by atomic mass is 10.2. The smallest absolute Gasteiger partial charge is 0.275 e. The van der Waals surface area contributed by atoms with Crippen molar-refractivity contribution in [3.05, 3.63) is 35.3 Å². The van der Waals surface area contributed by atoms with E-state index in [0.717, 1.165) is 29.6 Å². The van der Waals surface area contributed by atoms with Crippen molar-refractivity contribution in [2.24, 2.45) is 0 Å². The Morgan fingerprint density at radius 3 is 2.38 bits per heavy atom. The number of ether oxygens (including phenoxy) is 1. The fourth-order valence-corrected chi connectivity index (χ4v) is 5.58. The van der Waals surface area contributed by atoms with E-state index in [1.54, 1.807) is 5.38 Å². The zero-order chi connectivity index (χ0) is 25.1. The fraction of sp³-hybridized carbons (Fsp3) is 0.542. The Bertz CT molecular complexity index is 1070. The Morgan fingerprint density at radius 2 is 1.68 bits per heavy atom. The summed E-state index contributed by atoms with van der Waals surface area (Å²) in [5.74, 6) is -0.316. The van der Waals surface area contributed by atoms with Crippen LogP contribution in [0.2, 0.25) is 0 Å². The standard InChI is InChI=1S/C24H32N6O5S.ClH/c31-20-13-30(14-21(20)32)22(33)15-27-5-7-28(8-6-27)19-4-2-1-3-17(19)25-23(34)18-16-36-24(26-18)29-9-11-35-12-10-29;/h1-4,16,20-21,31-32H,5-15H2,(H,25,34);1H. The van der Waals surface area contributed by atoms with Gasteiger partial charge in [-0.3, -0.25) is 14.5 Å². The third kappa shape index (κ3) is 6.51. The maximum atomic E-state index is 13.0. The summed E-state index contributed by atoms with van der Waals surface area (Å²) in [6, 6.07) is 7.73. The van der Waals surface area contributed by atoms with Crippen molar-refractivity contribution in [1.29, 1.82) is 0 Å². The number of thiazole rings is 1. The first-order valence-electron chi connectivity index (χ1n) is 12.3. The lowest BCUT2D eigenvalue weighted by Crippen LogP contribution is -2.50. The van der Waals surface area contributed by atoms with Gasteiger partial charge in [0.2, 0.25) is 5.91 Å². The van der Waals surface area contributed by atoms with Gasteiger partial charge in [0.1, 0.15) is 5.69 Å². The monoisotopic (exact) mass is 552 g/mol. The molecule has 1 aromatic heterocycles. The van der Waals surface area contributed by atoms with Gasteiger partial charge in [-0.15, -0.1) is 23.7 Å². The fourth-order valence-electron chi connectivity index (χ4n) is 4.72. The molecule has 2 unspecified atom stereocenters. The molecule has 3 aliphatic heterocycles. The van der Waals surface area contributed by atoms with Gasteiger partial charge in [-0.25, -0.2) is 4.98 Å².